The zero-order valence-corrected chi connectivity index (χ0v) is 7.33. The lowest BCUT2D eigenvalue weighted by atomic mass is 10.1. The number of benzene rings is 1. The minimum absolute atomic E-state index is 0.231. The molecule has 1 atom stereocenters. The molecule has 0 heterocycles. The van der Waals surface area contributed by atoms with Gasteiger partial charge in [0.25, 0.3) is 0 Å². The summed E-state index contributed by atoms with van der Waals surface area (Å²) in [5.74, 6) is 0. The quantitative estimate of drug-likeness (QED) is 0.746. The Bertz CT molecular complexity index is 250. The van der Waals surface area contributed by atoms with Crippen LogP contribution in [0, 0.1) is 0 Å². The second kappa shape index (κ2) is 4.45. The van der Waals surface area contributed by atoms with Gasteiger partial charge in [-0.2, -0.15) is 0 Å². The standard InChI is InChI=1S/C9H11ClO2/c10-9-4-2-1-3-7(9)5-8(12)6-11/h1-4,8,11-12H,5-6H2. The van der Waals surface area contributed by atoms with E-state index in [9.17, 15) is 0 Å². The summed E-state index contributed by atoms with van der Waals surface area (Å²) in [6.07, 6.45) is -0.319. The Morgan fingerprint density at radius 1 is 1.33 bits per heavy atom. The fourth-order valence-electron chi connectivity index (χ4n) is 0.982. The fourth-order valence-corrected chi connectivity index (χ4v) is 1.20. The van der Waals surface area contributed by atoms with E-state index in [-0.39, 0.29) is 6.61 Å². The smallest absolute Gasteiger partial charge is 0.0811 e. The van der Waals surface area contributed by atoms with Crippen LogP contribution in [0.5, 0.6) is 0 Å². The van der Waals surface area contributed by atoms with Crippen LogP contribution < -0.4 is 0 Å². The Labute approximate surface area is 76.4 Å². The first kappa shape index (κ1) is 9.52. The van der Waals surface area contributed by atoms with E-state index in [1.807, 2.05) is 18.2 Å². The molecule has 0 bridgehead atoms. The molecular weight excluding hydrogens is 176 g/mol. The lowest BCUT2D eigenvalue weighted by Crippen LogP contribution is -2.15. The van der Waals surface area contributed by atoms with E-state index in [1.54, 1.807) is 6.07 Å². The van der Waals surface area contributed by atoms with E-state index in [4.69, 9.17) is 21.8 Å². The Morgan fingerprint density at radius 3 is 2.58 bits per heavy atom. The normalized spacial score (nSPS) is 12.9. The van der Waals surface area contributed by atoms with Crippen molar-refractivity contribution in [2.45, 2.75) is 12.5 Å². The van der Waals surface area contributed by atoms with E-state index >= 15 is 0 Å². The molecule has 0 radical (unpaired) electrons. The Morgan fingerprint density at radius 2 is 2.00 bits per heavy atom. The molecule has 3 heteroatoms. The topological polar surface area (TPSA) is 40.5 Å². The van der Waals surface area contributed by atoms with Gasteiger partial charge in [-0.05, 0) is 11.6 Å². The maximum absolute atomic E-state index is 9.13. The van der Waals surface area contributed by atoms with E-state index in [0.717, 1.165) is 5.56 Å². The molecule has 0 aliphatic heterocycles. The Kier molecular flexibility index (Phi) is 3.53. The van der Waals surface area contributed by atoms with E-state index in [0.29, 0.717) is 11.4 Å². The van der Waals surface area contributed by atoms with Gasteiger partial charge in [-0.25, -0.2) is 0 Å². The number of hydrogen-bond acceptors (Lipinski definition) is 2. The first-order valence-corrected chi connectivity index (χ1v) is 4.14. The van der Waals surface area contributed by atoms with E-state index in [1.165, 1.54) is 0 Å². The molecule has 0 aliphatic rings. The number of halogens is 1. The van der Waals surface area contributed by atoms with Gasteiger partial charge in [-0.3, -0.25) is 0 Å². The summed E-state index contributed by atoms with van der Waals surface area (Å²) >= 11 is 5.83. The second-order valence-electron chi connectivity index (χ2n) is 2.63. The summed E-state index contributed by atoms with van der Waals surface area (Å²) in [5, 5.41) is 18.4. The van der Waals surface area contributed by atoms with Crippen LogP contribution in [-0.4, -0.2) is 22.9 Å². The van der Waals surface area contributed by atoms with Gasteiger partial charge in [0.15, 0.2) is 0 Å². The van der Waals surface area contributed by atoms with Gasteiger partial charge in [0, 0.05) is 11.4 Å². The molecule has 1 aromatic carbocycles. The molecule has 0 aromatic heterocycles. The number of rotatable bonds is 3. The molecule has 0 fully saturated rings. The number of aliphatic hydroxyl groups excluding tert-OH is 2. The molecule has 0 saturated carbocycles. The zero-order chi connectivity index (χ0) is 8.97. The molecule has 12 heavy (non-hydrogen) atoms. The third kappa shape index (κ3) is 2.48. The van der Waals surface area contributed by atoms with Crippen molar-refractivity contribution in [2.75, 3.05) is 6.61 Å². The minimum Gasteiger partial charge on any atom is -0.394 e. The third-order valence-electron chi connectivity index (χ3n) is 1.62. The summed E-state index contributed by atoms with van der Waals surface area (Å²) in [5.41, 5.74) is 0.862. The molecule has 0 spiro atoms. The van der Waals surface area contributed by atoms with Crippen molar-refractivity contribution in [1.29, 1.82) is 0 Å². The highest BCUT2D eigenvalue weighted by atomic mass is 35.5. The third-order valence-corrected chi connectivity index (χ3v) is 1.99. The highest BCUT2D eigenvalue weighted by molar-refractivity contribution is 6.31. The first-order chi connectivity index (χ1) is 5.74. The van der Waals surface area contributed by atoms with Gasteiger partial charge < -0.3 is 10.2 Å². The predicted octanol–water partition coefficient (Wildman–Crippen LogP) is 1.24. The highest BCUT2D eigenvalue weighted by Crippen LogP contribution is 2.16. The van der Waals surface area contributed by atoms with Crippen LogP contribution in [0.2, 0.25) is 5.02 Å². The number of hydrogen-bond donors (Lipinski definition) is 2. The fraction of sp³-hybridized carbons (Fsp3) is 0.333. The largest absolute Gasteiger partial charge is 0.394 e. The highest BCUT2D eigenvalue weighted by Gasteiger charge is 2.05. The molecule has 0 aliphatic carbocycles. The summed E-state index contributed by atoms with van der Waals surface area (Å²) in [6, 6.07) is 7.28. The van der Waals surface area contributed by atoms with Crippen molar-refractivity contribution in [1.82, 2.24) is 0 Å². The van der Waals surface area contributed by atoms with Crippen LogP contribution >= 0.6 is 11.6 Å². The van der Waals surface area contributed by atoms with Crippen LogP contribution in [0.4, 0.5) is 0 Å². The SMILES string of the molecule is OCC(O)Cc1ccccc1Cl. The van der Waals surface area contributed by atoms with Crippen molar-refractivity contribution < 1.29 is 10.2 Å². The monoisotopic (exact) mass is 186 g/mol. The summed E-state index contributed by atoms with van der Waals surface area (Å²) < 4.78 is 0. The molecular formula is C9H11ClO2. The van der Waals surface area contributed by atoms with Gasteiger partial charge in [0.1, 0.15) is 0 Å². The van der Waals surface area contributed by atoms with Crippen LogP contribution in [0.3, 0.4) is 0 Å². The van der Waals surface area contributed by atoms with Gasteiger partial charge in [0.2, 0.25) is 0 Å². The van der Waals surface area contributed by atoms with Crippen LogP contribution in [0.25, 0.3) is 0 Å². The second-order valence-corrected chi connectivity index (χ2v) is 3.04. The maximum Gasteiger partial charge on any atom is 0.0811 e. The van der Waals surface area contributed by atoms with Crippen LogP contribution in [0.15, 0.2) is 24.3 Å². The molecule has 2 nitrogen and oxygen atoms in total. The Balaban J connectivity index is 2.69. The molecule has 1 aromatic rings. The lowest BCUT2D eigenvalue weighted by molar-refractivity contribution is 0.0955. The molecule has 66 valence electrons. The molecule has 1 rings (SSSR count). The molecule has 2 N–H and O–H groups in total. The molecule has 1 unspecified atom stereocenters. The van der Waals surface area contributed by atoms with Gasteiger partial charge in [-0.15, -0.1) is 0 Å². The minimum atomic E-state index is -0.718. The summed E-state index contributed by atoms with van der Waals surface area (Å²) in [4.78, 5) is 0. The average molecular weight is 187 g/mol. The Hall–Kier alpha value is -0.570. The van der Waals surface area contributed by atoms with Crippen LogP contribution in [0.1, 0.15) is 5.56 Å². The van der Waals surface area contributed by atoms with Crippen molar-refractivity contribution in [2.24, 2.45) is 0 Å². The first-order valence-electron chi connectivity index (χ1n) is 3.76. The van der Waals surface area contributed by atoms with Crippen molar-refractivity contribution >= 4 is 11.6 Å². The van der Waals surface area contributed by atoms with Crippen molar-refractivity contribution in [3.05, 3.63) is 34.9 Å². The molecule has 0 saturated heterocycles. The number of aliphatic hydroxyl groups is 2. The average Bonchev–Trinajstić information content (AvgIpc) is 2.09. The maximum atomic E-state index is 9.13. The van der Waals surface area contributed by atoms with Crippen molar-refractivity contribution in [3.63, 3.8) is 0 Å². The van der Waals surface area contributed by atoms with Gasteiger partial charge in [-0.1, -0.05) is 29.8 Å². The van der Waals surface area contributed by atoms with E-state index in [2.05, 4.69) is 0 Å². The van der Waals surface area contributed by atoms with Crippen LogP contribution in [-0.2, 0) is 6.42 Å². The predicted molar refractivity (Wildman–Crippen MR) is 48.2 cm³/mol. The molecule has 0 amide bonds. The summed E-state index contributed by atoms with van der Waals surface area (Å²) in [7, 11) is 0. The zero-order valence-electron chi connectivity index (χ0n) is 6.57. The van der Waals surface area contributed by atoms with Gasteiger partial charge >= 0.3 is 0 Å². The summed E-state index contributed by atoms with van der Waals surface area (Å²) in [6.45, 7) is -0.231. The van der Waals surface area contributed by atoms with E-state index < -0.39 is 6.10 Å². The lowest BCUT2D eigenvalue weighted by Gasteiger charge is -2.07. The van der Waals surface area contributed by atoms with Crippen molar-refractivity contribution in [3.8, 4) is 0 Å². The van der Waals surface area contributed by atoms with Gasteiger partial charge in [0.05, 0.1) is 12.7 Å².